The van der Waals surface area contributed by atoms with Gasteiger partial charge in [0.15, 0.2) is 0 Å². The second-order valence-corrected chi connectivity index (χ2v) is 5.55. The van der Waals surface area contributed by atoms with Crippen LogP contribution >= 0.6 is 11.6 Å². The van der Waals surface area contributed by atoms with Crippen LogP contribution in [0.5, 0.6) is 5.75 Å². The van der Waals surface area contributed by atoms with Crippen molar-refractivity contribution < 1.29 is 4.74 Å². The first-order valence-electron chi connectivity index (χ1n) is 6.86. The van der Waals surface area contributed by atoms with Gasteiger partial charge < -0.3 is 10.1 Å². The molecule has 0 saturated carbocycles. The maximum atomic E-state index is 6.14. The molecule has 1 N–H and O–H groups in total. The van der Waals surface area contributed by atoms with Crippen LogP contribution in [0, 0.1) is 5.92 Å². The Balaban J connectivity index is 2.04. The molecule has 0 saturated heterocycles. The van der Waals surface area contributed by atoms with Gasteiger partial charge in [0.2, 0.25) is 0 Å². The molecule has 20 heavy (non-hydrogen) atoms. The highest BCUT2D eigenvalue weighted by Crippen LogP contribution is 2.24. The SMILES string of the molecule is CC(C)COc1ccccc1CNc1ccccc1Cl. The van der Waals surface area contributed by atoms with Crippen molar-refractivity contribution in [3.05, 3.63) is 59.1 Å². The standard InChI is InChI=1S/C17H20ClNO/c1-13(2)12-20-17-10-6-3-7-14(17)11-19-16-9-5-4-8-15(16)18/h3-10,13,19H,11-12H2,1-2H3. The molecule has 0 spiro atoms. The minimum absolute atomic E-state index is 0.514. The molecule has 0 aliphatic rings. The summed E-state index contributed by atoms with van der Waals surface area (Å²) >= 11 is 6.14. The Morgan fingerprint density at radius 2 is 1.75 bits per heavy atom. The Morgan fingerprint density at radius 3 is 2.50 bits per heavy atom. The molecule has 0 atom stereocenters. The summed E-state index contributed by atoms with van der Waals surface area (Å²) in [5.74, 6) is 1.44. The average Bonchev–Trinajstić information content (AvgIpc) is 2.45. The Hall–Kier alpha value is -1.67. The van der Waals surface area contributed by atoms with Crippen LogP contribution in [0.25, 0.3) is 0 Å². The van der Waals surface area contributed by atoms with Gasteiger partial charge in [-0.2, -0.15) is 0 Å². The van der Waals surface area contributed by atoms with E-state index in [9.17, 15) is 0 Å². The Morgan fingerprint density at radius 1 is 1.05 bits per heavy atom. The number of hydrogen-bond acceptors (Lipinski definition) is 2. The van der Waals surface area contributed by atoms with Gasteiger partial charge in [0.1, 0.15) is 5.75 Å². The number of benzene rings is 2. The lowest BCUT2D eigenvalue weighted by atomic mass is 10.2. The number of para-hydroxylation sites is 2. The number of nitrogens with one attached hydrogen (secondary N) is 1. The molecule has 0 radical (unpaired) electrons. The van der Waals surface area contributed by atoms with E-state index in [1.54, 1.807) is 0 Å². The Kier molecular flexibility index (Phi) is 5.31. The molecule has 106 valence electrons. The van der Waals surface area contributed by atoms with Crippen LogP contribution in [0.15, 0.2) is 48.5 Å². The zero-order valence-corrected chi connectivity index (χ0v) is 12.7. The molecule has 0 fully saturated rings. The van der Waals surface area contributed by atoms with Crippen molar-refractivity contribution in [2.75, 3.05) is 11.9 Å². The fourth-order valence-electron chi connectivity index (χ4n) is 1.84. The lowest BCUT2D eigenvalue weighted by molar-refractivity contribution is 0.269. The van der Waals surface area contributed by atoms with E-state index in [4.69, 9.17) is 16.3 Å². The molecule has 2 nitrogen and oxygen atoms in total. The Labute approximate surface area is 125 Å². The lowest BCUT2D eigenvalue weighted by Gasteiger charge is -2.14. The van der Waals surface area contributed by atoms with E-state index < -0.39 is 0 Å². The number of ether oxygens (including phenoxy) is 1. The predicted molar refractivity (Wildman–Crippen MR) is 85.6 cm³/mol. The molecule has 2 aromatic carbocycles. The smallest absolute Gasteiger partial charge is 0.124 e. The van der Waals surface area contributed by atoms with Gasteiger partial charge in [-0.15, -0.1) is 0 Å². The van der Waals surface area contributed by atoms with Gasteiger partial charge in [0.05, 0.1) is 17.3 Å². The number of hydrogen-bond donors (Lipinski definition) is 1. The quantitative estimate of drug-likeness (QED) is 0.809. The van der Waals surface area contributed by atoms with Crippen LogP contribution in [0.2, 0.25) is 5.02 Å². The molecule has 3 heteroatoms. The molecule has 2 aromatic rings. The van der Waals surface area contributed by atoms with E-state index >= 15 is 0 Å². The van der Waals surface area contributed by atoms with Crippen LogP contribution < -0.4 is 10.1 Å². The van der Waals surface area contributed by atoms with Crippen molar-refractivity contribution in [2.45, 2.75) is 20.4 Å². The molecule has 0 unspecified atom stereocenters. The third kappa shape index (κ3) is 4.17. The second kappa shape index (κ2) is 7.20. The summed E-state index contributed by atoms with van der Waals surface area (Å²) in [4.78, 5) is 0. The van der Waals surface area contributed by atoms with E-state index in [0.717, 1.165) is 28.6 Å². The van der Waals surface area contributed by atoms with Gasteiger partial charge in [0.25, 0.3) is 0 Å². The fourth-order valence-corrected chi connectivity index (χ4v) is 2.04. The zero-order chi connectivity index (χ0) is 14.4. The van der Waals surface area contributed by atoms with E-state index in [1.807, 2.05) is 42.5 Å². The number of anilines is 1. The molecule has 0 aliphatic heterocycles. The Bertz CT molecular complexity index is 554. The number of rotatable bonds is 6. The highest BCUT2D eigenvalue weighted by molar-refractivity contribution is 6.33. The minimum Gasteiger partial charge on any atom is -0.493 e. The van der Waals surface area contributed by atoms with Crippen LogP contribution in [-0.2, 0) is 6.54 Å². The normalized spacial score (nSPS) is 10.6. The lowest BCUT2D eigenvalue weighted by Crippen LogP contribution is -2.08. The van der Waals surface area contributed by atoms with E-state index in [2.05, 4.69) is 25.2 Å². The first-order chi connectivity index (χ1) is 9.66. The second-order valence-electron chi connectivity index (χ2n) is 5.15. The van der Waals surface area contributed by atoms with Gasteiger partial charge in [-0.05, 0) is 24.1 Å². The molecule has 0 aliphatic carbocycles. The molecule has 0 bridgehead atoms. The molecule has 0 heterocycles. The maximum absolute atomic E-state index is 6.14. The van der Waals surface area contributed by atoms with Crippen molar-refractivity contribution >= 4 is 17.3 Å². The highest BCUT2D eigenvalue weighted by atomic mass is 35.5. The molecule has 0 aromatic heterocycles. The summed E-state index contributed by atoms with van der Waals surface area (Å²) in [7, 11) is 0. The summed E-state index contributed by atoms with van der Waals surface area (Å²) in [6.45, 7) is 5.70. The molecular weight excluding hydrogens is 270 g/mol. The third-order valence-electron chi connectivity index (χ3n) is 2.89. The summed E-state index contributed by atoms with van der Waals surface area (Å²) in [5, 5.41) is 4.08. The van der Waals surface area contributed by atoms with Crippen molar-refractivity contribution in [3.8, 4) is 5.75 Å². The largest absolute Gasteiger partial charge is 0.493 e. The van der Waals surface area contributed by atoms with E-state index in [1.165, 1.54) is 0 Å². The summed E-state index contributed by atoms with van der Waals surface area (Å²) in [6, 6.07) is 15.8. The van der Waals surface area contributed by atoms with E-state index in [0.29, 0.717) is 12.5 Å². The van der Waals surface area contributed by atoms with Gasteiger partial charge in [-0.1, -0.05) is 55.8 Å². The highest BCUT2D eigenvalue weighted by Gasteiger charge is 2.05. The minimum atomic E-state index is 0.514. The van der Waals surface area contributed by atoms with Crippen molar-refractivity contribution in [1.29, 1.82) is 0 Å². The van der Waals surface area contributed by atoms with Gasteiger partial charge in [0, 0.05) is 12.1 Å². The van der Waals surface area contributed by atoms with Crippen LogP contribution in [0.3, 0.4) is 0 Å². The average molecular weight is 290 g/mol. The van der Waals surface area contributed by atoms with Crippen molar-refractivity contribution in [1.82, 2.24) is 0 Å². The van der Waals surface area contributed by atoms with Gasteiger partial charge in [-0.25, -0.2) is 0 Å². The van der Waals surface area contributed by atoms with Crippen LogP contribution in [0.4, 0.5) is 5.69 Å². The third-order valence-corrected chi connectivity index (χ3v) is 3.22. The molecule has 0 amide bonds. The topological polar surface area (TPSA) is 21.3 Å². The first kappa shape index (κ1) is 14.7. The summed E-state index contributed by atoms with van der Waals surface area (Å²) in [5.41, 5.74) is 2.07. The summed E-state index contributed by atoms with van der Waals surface area (Å²) in [6.07, 6.45) is 0. The van der Waals surface area contributed by atoms with E-state index in [-0.39, 0.29) is 0 Å². The fraction of sp³-hybridized carbons (Fsp3) is 0.294. The van der Waals surface area contributed by atoms with Crippen LogP contribution in [-0.4, -0.2) is 6.61 Å². The van der Waals surface area contributed by atoms with Crippen LogP contribution in [0.1, 0.15) is 19.4 Å². The van der Waals surface area contributed by atoms with Gasteiger partial charge >= 0.3 is 0 Å². The molecule has 2 rings (SSSR count). The maximum Gasteiger partial charge on any atom is 0.124 e. The monoisotopic (exact) mass is 289 g/mol. The predicted octanol–water partition coefficient (Wildman–Crippen LogP) is 4.99. The molecular formula is C17H20ClNO. The first-order valence-corrected chi connectivity index (χ1v) is 7.23. The van der Waals surface area contributed by atoms with Crippen molar-refractivity contribution in [3.63, 3.8) is 0 Å². The number of halogens is 1. The summed E-state index contributed by atoms with van der Waals surface area (Å²) < 4.78 is 5.84. The van der Waals surface area contributed by atoms with Crippen molar-refractivity contribution in [2.24, 2.45) is 5.92 Å². The van der Waals surface area contributed by atoms with Gasteiger partial charge in [-0.3, -0.25) is 0 Å². The zero-order valence-electron chi connectivity index (χ0n) is 11.9.